The van der Waals surface area contributed by atoms with Gasteiger partial charge in [0.05, 0.1) is 13.5 Å². The quantitative estimate of drug-likeness (QED) is 0.773. The van der Waals surface area contributed by atoms with Crippen LogP contribution in [0.5, 0.6) is 11.5 Å². The average molecular weight is 313 g/mol. The number of phenolic OH excluding ortho intramolecular Hbond substituents is 1. The highest BCUT2D eigenvalue weighted by Gasteiger charge is 2.07. The highest BCUT2D eigenvalue weighted by Crippen LogP contribution is 2.26. The summed E-state index contributed by atoms with van der Waals surface area (Å²) in [5, 5.41) is 12.5. The predicted molar refractivity (Wildman–Crippen MR) is 90.9 cm³/mol. The number of carbonyl (C=O) groups is 1. The zero-order chi connectivity index (χ0) is 16.7. The molecule has 2 aromatic rings. The number of carbonyl (C=O) groups excluding carboxylic acids is 1. The van der Waals surface area contributed by atoms with E-state index in [1.807, 2.05) is 0 Å². The summed E-state index contributed by atoms with van der Waals surface area (Å²) in [4.78, 5) is 11.9. The second kappa shape index (κ2) is 8.22. The molecular weight excluding hydrogens is 290 g/mol. The van der Waals surface area contributed by atoms with Crippen molar-refractivity contribution in [3.8, 4) is 11.5 Å². The number of methoxy groups -OCH3 is 1. The predicted octanol–water partition coefficient (Wildman–Crippen LogP) is 3.00. The lowest BCUT2D eigenvalue weighted by atomic mass is 10.1. The van der Waals surface area contributed by atoms with E-state index in [4.69, 9.17) is 4.74 Å². The van der Waals surface area contributed by atoms with Crippen LogP contribution in [0, 0.1) is 6.92 Å². The van der Waals surface area contributed by atoms with Crippen LogP contribution in [0.3, 0.4) is 0 Å². The zero-order valence-corrected chi connectivity index (χ0v) is 13.6. The Labute approximate surface area is 137 Å². The second-order valence-corrected chi connectivity index (χ2v) is 5.63. The van der Waals surface area contributed by atoms with Crippen LogP contribution in [0.4, 0.5) is 0 Å². The van der Waals surface area contributed by atoms with E-state index in [-0.39, 0.29) is 18.1 Å². The number of phenols is 1. The molecule has 0 saturated heterocycles. The third kappa shape index (κ3) is 5.33. The number of hydrogen-bond acceptors (Lipinski definition) is 3. The lowest BCUT2D eigenvalue weighted by molar-refractivity contribution is -0.120. The lowest BCUT2D eigenvalue weighted by Gasteiger charge is -2.08. The Balaban J connectivity index is 1.75. The van der Waals surface area contributed by atoms with E-state index in [0.717, 1.165) is 18.4 Å². The fraction of sp³-hybridized carbons (Fsp3) is 0.316. The summed E-state index contributed by atoms with van der Waals surface area (Å²) in [7, 11) is 1.49. The maximum Gasteiger partial charge on any atom is 0.224 e. The molecule has 4 nitrogen and oxygen atoms in total. The number of aryl methyl sites for hydroxylation is 2. The lowest BCUT2D eigenvalue weighted by Crippen LogP contribution is -2.26. The molecule has 23 heavy (non-hydrogen) atoms. The molecule has 0 fully saturated rings. The number of hydrogen-bond donors (Lipinski definition) is 2. The van der Waals surface area contributed by atoms with E-state index in [1.165, 1.54) is 18.2 Å². The fourth-order valence-corrected chi connectivity index (χ4v) is 2.47. The van der Waals surface area contributed by atoms with Crippen molar-refractivity contribution < 1.29 is 14.6 Å². The fourth-order valence-electron chi connectivity index (χ4n) is 2.47. The van der Waals surface area contributed by atoms with Gasteiger partial charge in [0.2, 0.25) is 5.91 Å². The van der Waals surface area contributed by atoms with Gasteiger partial charge in [-0.3, -0.25) is 4.79 Å². The minimum atomic E-state index is -0.0259. The van der Waals surface area contributed by atoms with Crippen LogP contribution in [0.2, 0.25) is 0 Å². The van der Waals surface area contributed by atoms with E-state index < -0.39 is 0 Å². The Kier molecular flexibility index (Phi) is 6.03. The molecule has 0 saturated carbocycles. The molecule has 0 radical (unpaired) electrons. The van der Waals surface area contributed by atoms with Gasteiger partial charge in [0, 0.05) is 6.54 Å². The van der Waals surface area contributed by atoms with Crippen LogP contribution in [0.25, 0.3) is 0 Å². The molecule has 0 aromatic heterocycles. The standard InChI is InChI=1S/C19H23NO3/c1-14-5-3-6-15(11-14)7-4-10-20-19(22)13-16-8-9-17(21)18(12-16)23-2/h3,5-6,8-9,11-12,21H,4,7,10,13H2,1-2H3,(H,20,22). The molecule has 0 aliphatic carbocycles. The Morgan fingerprint density at radius 2 is 2.00 bits per heavy atom. The summed E-state index contributed by atoms with van der Waals surface area (Å²) >= 11 is 0. The molecule has 0 aliphatic heterocycles. The Morgan fingerprint density at radius 3 is 2.74 bits per heavy atom. The minimum absolute atomic E-state index is 0.0259. The highest BCUT2D eigenvalue weighted by molar-refractivity contribution is 5.78. The summed E-state index contributed by atoms with van der Waals surface area (Å²) in [6.07, 6.45) is 2.14. The summed E-state index contributed by atoms with van der Waals surface area (Å²) < 4.78 is 5.04. The first-order valence-corrected chi connectivity index (χ1v) is 7.76. The molecule has 2 N–H and O–H groups in total. The average Bonchev–Trinajstić information content (AvgIpc) is 2.53. The van der Waals surface area contributed by atoms with Crippen LogP contribution in [-0.4, -0.2) is 24.7 Å². The van der Waals surface area contributed by atoms with Crippen molar-refractivity contribution in [2.75, 3.05) is 13.7 Å². The summed E-state index contributed by atoms with van der Waals surface area (Å²) in [5.41, 5.74) is 3.37. The molecule has 0 aliphatic rings. The third-order valence-corrected chi connectivity index (χ3v) is 3.66. The SMILES string of the molecule is COc1cc(CC(=O)NCCCc2cccc(C)c2)ccc1O. The van der Waals surface area contributed by atoms with Gasteiger partial charge in [-0.25, -0.2) is 0 Å². The van der Waals surface area contributed by atoms with Crippen LogP contribution in [0.15, 0.2) is 42.5 Å². The monoisotopic (exact) mass is 313 g/mol. The van der Waals surface area contributed by atoms with Gasteiger partial charge >= 0.3 is 0 Å². The van der Waals surface area contributed by atoms with Crippen molar-refractivity contribution in [1.82, 2.24) is 5.32 Å². The van der Waals surface area contributed by atoms with Crippen molar-refractivity contribution in [1.29, 1.82) is 0 Å². The van der Waals surface area contributed by atoms with Gasteiger partial charge in [0.1, 0.15) is 0 Å². The molecular formula is C19H23NO3. The van der Waals surface area contributed by atoms with Gasteiger partial charge in [-0.15, -0.1) is 0 Å². The highest BCUT2D eigenvalue weighted by atomic mass is 16.5. The Hall–Kier alpha value is -2.49. The van der Waals surface area contributed by atoms with E-state index in [9.17, 15) is 9.90 Å². The van der Waals surface area contributed by atoms with Gasteiger partial charge in [0.15, 0.2) is 11.5 Å². The third-order valence-electron chi connectivity index (χ3n) is 3.66. The zero-order valence-electron chi connectivity index (χ0n) is 13.6. The van der Waals surface area contributed by atoms with Gasteiger partial charge in [-0.2, -0.15) is 0 Å². The summed E-state index contributed by atoms with van der Waals surface area (Å²) in [5.74, 6) is 0.437. The van der Waals surface area contributed by atoms with Crippen molar-refractivity contribution in [2.24, 2.45) is 0 Å². The van der Waals surface area contributed by atoms with Gasteiger partial charge < -0.3 is 15.2 Å². The molecule has 0 bridgehead atoms. The molecule has 0 heterocycles. The number of nitrogens with one attached hydrogen (secondary N) is 1. The molecule has 0 spiro atoms. The maximum absolute atomic E-state index is 11.9. The van der Waals surface area contributed by atoms with Gasteiger partial charge in [0.25, 0.3) is 0 Å². The summed E-state index contributed by atoms with van der Waals surface area (Å²) in [6, 6.07) is 13.4. The van der Waals surface area contributed by atoms with Gasteiger partial charge in [-0.05, 0) is 43.0 Å². The Morgan fingerprint density at radius 1 is 1.17 bits per heavy atom. The molecule has 122 valence electrons. The number of rotatable bonds is 7. The topological polar surface area (TPSA) is 58.6 Å². The molecule has 0 unspecified atom stereocenters. The number of amides is 1. The summed E-state index contributed by atoms with van der Waals surface area (Å²) in [6.45, 7) is 2.74. The first-order valence-electron chi connectivity index (χ1n) is 7.76. The number of aromatic hydroxyl groups is 1. The largest absolute Gasteiger partial charge is 0.504 e. The normalized spacial score (nSPS) is 10.3. The van der Waals surface area contributed by atoms with Crippen molar-refractivity contribution in [3.05, 3.63) is 59.2 Å². The van der Waals surface area contributed by atoms with Crippen molar-refractivity contribution in [3.63, 3.8) is 0 Å². The first kappa shape index (κ1) is 16.9. The number of benzene rings is 2. The smallest absolute Gasteiger partial charge is 0.224 e. The van der Waals surface area contributed by atoms with E-state index in [2.05, 4.69) is 36.5 Å². The van der Waals surface area contributed by atoms with Gasteiger partial charge in [-0.1, -0.05) is 35.9 Å². The van der Waals surface area contributed by atoms with Crippen molar-refractivity contribution in [2.45, 2.75) is 26.2 Å². The molecule has 0 atom stereocenters. The van der Waals surface area contributed by atoms with E-state index in [1.54, 1.807) is 18.2 Å². The number of ether oxygens (including phenoxy) is 1. The van der Waals surface area contributed by atoms with Crippen molar-refractivity contribution >= 4 is 5.91 Å². The molecule has 2 aromatic carbocycles. The van der Waals surface area contributed by atoms with Crippen LogP contribution >= 0.6 is 0 Å². The van der Waals surface area contributed by atoms with Crippen LogP contribution in [0.1, 0.15) is 23.1 Å². The molecule has 2 rings (SSSR count). The molecule has 4 heteroatoms. The minimum Gasteiger partial charge on any atom is -0.504 e. The van der Waals surface area contributed by atoms with Crippen LogP contribution in [-0.2, 0) is 17.6 Å². The van der Waals surface area contributed by atoms with E-state index in [0.29, 0.717) is 12.3 Å². The van der Waals surface area contributed by atoms with E-state index >= 15 is 0 Å². The van der Waals surface area contributed by atoms with Crippen LogP contribution < -0.4 is 10.1 Å². The second-order valence-electron chi connectivity index (χ2n) is 5.63. The molecule has 1 amide bonds. The Bertz CT molecular complexity index is 667. The maximum atomic E-state index is 11.9. The first-order chi connectivity index (χ1) is 11.1.